The molecule has 0 amide bonds. The van der Waals surface area contributed by atoms with E-state index >= 15 is 0 Å². The lowest BCUT2D eigenvalue weighted by Gasteiger charge is -2.31. The van der Waals surface area contributed by atoms with Gasteiger partial charge in [-0.15, -0.1) is 0 Å². The van der Waals surface area contributed by atoms with Crippen molar-refractivity contribution in [3.05, 3.63) is 18.1 Å². The molecule has 1 aliphatic carbocycles. The van der Waals surface area contributed by atoms with Crippen molar-refractivity contribution in [2.24, 2.45) is 5.92 Å². The van der Waals surface area contributed by atoms with E-state index in [-0.39, 0.29) is 0 Å². The highest BCUT2D eigenvalue weighted by atomic mass is 15.2. The Bertz CT molecular complexity index is 410. The van der Waals surface area contributed by atoms with E-state index in [1.807, 2.05) is 0 Å². The van der Waals surface area contributed by atoms with Crippen LogP contribution in [0.1, 0.15) is 38.3 Å². The minimum Gasteiger partial charge on any atom is -0.353 e. The summed E-state index contributed by atoms with van der Waals surface area (Å²) in [6.07, 6.45) is 7.98. The summed E-state index contributed by atoms with van der Waals surface area (Å²) in [5.41, 5.74) is 1.15. The van der Waals surface area contributed by atoms with Gasteiger partial charge < -0.3 is 10.2 Å². The highest BCUT2D eigenvalue weighted by Crippen LogP contribution is 2.32. The van der Waals surface area contributed by atoms with E-state index in [2.05, 4.69) is 33.2 Å². The molecule has 104 valence electrons. The molecule has 1 aromatic heterocycles. The third kappa shape index (κ3) is 3.24. The molecule has 4 heteroatoms. The predicted octanol–water partition coefficient (Wildman–Crippen LogP) is 2.01. The van der Waals surface area contributed by atoms with Crippen LogP contribution >= 0.6 is 0 Å². The van der Waals surface area contributed by atoms with Crippen LogP contribution in [0.15, 0.2) is 12.4 Å². The first-order valence-corrected chi connectivity index (χ1v) is 7.65. The molecule has 0 aromatic carbocycles. The van der Waals surface area contributed by atoms with Crippen molar-refractivity contribution in [2.75, 3.05) is 24.5 Å². The van der Waals surface area contributed by atoms with E-state index in [9.17, 15) is 0 Å². The number of hydrogen-bond donors (Lipinski definition) is 1. The summed E-state index contributed by atoms with van der Waals surface area (Å²) in [7, 11) is 0. The van der Waals surface area contributed by atoms with E-state index in [0.717, 1.165) is 29.9 Å². The van der Waals surface area contributed by atoms with E-state index in [4.69, 9.17) is 0 Å². The molecule has 2 aliphatic rings. The van der Waals surface area contributed by atoms with Crippen LogP contribution in [0.4, 0.5) is 5.82 Å². The Labute approximate surface area is 115 Å². The fourth-order valence-corrected chi connectivity index (χ4v) is 2.89. The summed E-state index contributed by atoms with van der Waals surface area (Å²) < 4.78 is 0. The summed E-state index contributed by atoms with van der Waals surface area (Å²) >= 11 is 0. The smallest absolute Gasteiger partial charge is 0.132 e. The Morgan fingerprint density at radius 1 is 1.21 bits per heavy atom. The molecule has 2 heterocycles. The normalized spacial score (nSPS) is 20.5. The lowest BCUT2D eigenvalue weighted by molar-refractivity contribution is 0.372. The van der Waals surface area contributed by atoms with Gasteiger partial charge in [-0.1, -0.05) is 6.92 Å². The van der Waals surface area contributed by atoms with Crippen molar-refractivity contribution in [3.63, 3.8) is 0 Å². The lowest BCUT2D eigenvalue weighted by atomic mass is 9.97. The number of rotatable bonds is 5. The van der Waals surface area contributed by atoms with Gasteiger partial charge in [0, 0.05) is 24.3 Å². The fourth-order valence-electron chi connectivity index (χ4n) is 2.89. The second kappa shape index (κ2) is 5.87. The van der Waals surface area contributed by atoms with Crippen molar-refractivity contribution >= 4 is 5.82 Å². The molecule has 0 atom stereocenters. The highest BCUT2D eigenvalue weighted by Gasteiger charge is 2.32. The van der Waals surface area contributed by atoms with Crippen LogP contribution in [0, 0.1) is 5.92 Å². The zero-order valence-corrected chi connectivity index (χ0v) is 11.8. The number of piperidine rings is 1. The second-order valence-electron chi connectivity index (χ2n) is 5.80. The number of hydrogen-bond acceptors (Lipinski definition) is 4. The quantitative estimate of drug-likeness (QED) is 0.879. The minimum absolute atomic E-state index is 0.731. The van der Waals surface area contributed by atoms with Crippen LogP contribution in [0.25, 0.3) is 0 Å². The molecule has 1 saturated carbocycles. The van der Waals surface area contributed by atoms with Gasteiger partial charge in [0.25, 0.3) is 0 Å². The summed E-state index contributed by atoms with van der Waals surface area (Å²) in [6.45, 7) is 5.67. The maximum absolute atomic E-state index is 4.51. The van der Waals surface area contributed by atoms with Gasteiger partial charge in [-0.05, 0) is 51.1 Å². The van der Waals surface area contributed by atoms with Crippen molar-refractivity contribution in [1.29, 1.82) is 0 Å². The topological polar surface area (TPSA) is 41.0 Å². The Balaban J connectivity index is 1.72. The van der Waals surface area contributed by atoms with Crippen LogP contribution in [0.5, 0.6) is 0 Å². The van der Waals surface area contributed by atoms with Crippen molar-refractivity contribution in [3.8, 4) is 0 Å². The average Bonchev–Trinajstić information content (AvgIpc) is 3.30. The van der Waals surface area contributed by atoms with E-state index in [1.165, 1.54) is 45.3 Å². The van der Waals surface area contributed by atoms with Gasteiger partial charge in [-0.25, -0.2) is 9.97 Å². The SMILES string of the molecule is CCc1cc(N(CC2CCNCC2)C2CC2)ncn1. The molecular weight excluding hydrogens is 236 g/mol. The van der Waals surface area contributed by atoms with Gasteiger partial charge in [0.05, 0.1) is 0 Å². The molecule has 19 heavy (non-hydrogen) atoms. The third-order valence-electron chi connectivity index (χ3n) is 4.27. The third-order valence-corrected chi connectivity index (χ3v) is 4.27. The zero-order valence-electron chi connectivity index (χ0n) is 11.8. The minimum atomic E-state index is 0.731. The molecule has 0 radical (unpaired) electrons. The maximum Gasteiger partial charge on any atom is 0.132 e. The van der Waals surface area contributed by atoms with E-state index in [1.54, 1.807) is 6.33 Å². The fraction of sp³-hybridized carbons (Fsp3) is 0.733. The molecule has 0 bridgehead atoms. The van der Waals surface area contributed by atoms with Crippen LogP contribution in [-0.2, 0) is 6.42 Å². The number of nitrogens with zero attached hydrogens (tertiary/aromatic N) is 3. The zero-order chi connectivity index (χ0) is 13.1. The van der Waals surface area contributed by atoms with Gasteiger partial charge >= 0.3 is 0 Å². The predicted molar refractivity (Wildman–Crippen MR) is 77.4 cm³/mol. The molecule has 0 unspecified atom stereocenters. The van der Waals surface area contributed by atoms with Crippen LogP contribution in [-0.4, -0.2) is 35.6 Å². The van der Waals surface area contributed by atoms with Crippen LogP contribution < -0.4 is 10.2 Å². The Morgan fingerprint density at radius 3 is 2.68 bits per heavy atom. The van der Waals surface area contributed by atoms with E-state index in [0.29, 0.717) is 0 Å². The summed E-state index contributed by atoms with van der Waals surface area (Å²) in [6, 6.07) is 2.91. The number of anilines is 1. The van der Waals surface area contributed by atoms with Gasteiger partial charge in [-0.3, -0.25) is 0 Å². The second-order valence-corrected chi connectivity index (χ2v) is 5.80. The molecule has 4 nitrogen and oxygen atoms in total. The largest absolute Gasteiger partial charge is 0.353 e. The van der Waals surface area contributed by atoms with Gasteiger partial charge in [0.15, 0.2) is 0 Å². The lowest BCUT2D eigenvalue weighted by Crippen LogP contribution is -2.37. The molecule has 2 fully saturated rings. The van der Waals surface area contributed by atoms with E-state index < -0.39 is 0 Å². The van der Waals surface area contributed by atoms with Crippen molar-refractivity contribution in [1.82, 2.24) is 15.3 Å². The summed E-state index contributed by atoms with van der Waals surface area (Å²) in [5, 5.41) is 3.45. The molecule has 1 aromatic rings. The van der Waals surface area contributed by atoms with Gasteiger partial charge in [0.2, 0.25) is 0 Å². The molecule has 0 spiro atoms. The first kappa shape index (κ1) is 12.9. The number of aryl methyl sites for hydroxylation is 1. The first-order valence-electron chi connectivity index (χ1n) is 7.65. The molecular formula is C15H24N4. The average molecular weight is 260 g/mol. The van der Waals surface area contributed by atoms with Crippen LogP contribution in [0.3, 0.4) is 0 Å². The molecule has 3 rings (SSSR count). The maximum atomic E-state index is 4.51. The van der Waals surface area contributed by atoms with Crippen molar-refractivity contribution in [2.45, 2.75) is 45.1 Å². The summed E-state index contributed by atoms with van der Waals surface area (Å²) in [4.78, 5) is 11.4. The Kier molecular flexibility index (Phi) is 3.97. The molecule has 1 saturated heterocycles. The number of nitrogens with one attached hydrogen (secondary N) is 1. The monoisotopic (exact) mass is 260 g/mol. The Morgan fingerprint density at radius 2 is 2.00 bits per heavy atom. The summed E-state index contributed by atoms with van der Waals surface area (Å²) in [5.74, 6) is 1.97. The van der Waals surface area contributed by atoms with Gasteiger partial charge in [0.1, 0.15) is 12.1 Å². The van der Waals surface area contributed by atoms with Crippen LogP contribution in [0.2, 0.25) is 0 Å². The first-order chi connectivity index (χ1) is 9.36. The highest BCUT2D eigenvalue weighted by molar-refractivity contribution is 5.42. The molecule has 1 aliphatic heterocycles. The standard InChI is InChI=1S/C15H24N4/c1-2-13-9-15(18-11-17-13)19(14-3-4-14)10-12-5-7-16-8-6-12/h9,11-12,14,16H,2-8,10H2,1H3. The van der Waals surface area contributed by atoms with Crippen molar-refractivity contribution < 1.29 is 0 Å². The Hall–Kier alpha value is -1.16. The molecule has 1 N–H and O–H groups in total. The van der Waals surface area contributed by atoms with Gasteiger partial charge in [-0.2, -0.15) is 0 Å². The number of aromatic nitrogens is 2.